The molecule has 0 aliphatic heterocycles. The van der Waals surface area contributed by atoms with Crippen LogP contribution in [0.4, 0.5) is 0 Å². The van der Waals surface area contributed by atoms with Crippen LogP contribution in [0.3, 0.4) is 0 Å². The van der Waals surface area contributed by atoms with Gasteiger partial charge in [0.25, 0.3) is 0 Å². The molecule has 7 aromatic rings. The fraction of sp³-hybridized carbons (Fsp3) is 0.0256. The molecule has 0 bridgehead atoms. The van der Waals surface area contributed by atoms with E-state index in [0.717, 1.165) is 50.2 Å². The molecule has 7 rings (SSSR count). The smallest absolute Gasteiger partial charge is 0.164 e. The first-order valence-electron chi connectivity index (χ1n) is 14.3. The van der Waals surface area contributed by atoms with E-state index in [1.54, 1.807) is 0 Å². The van der Waals surface area contributed by atoms with Gasteiger partial charge < -0.3 is 0 Å². The Hall–Kier alpha value is -5.74. The van der Waals surface area contributed by atoms with Crippen molar-refractivity contribution in [3.8, 4) is 67.7 Å². The topological polar surface area (TPSA) is 51.6 Å². The van der Waals surface area contributed by atoms with Gasteiger partial charge in [-0.1, -0.05) is 121 Å². The lowest BCUT2D eigenvalue weighted by Gasteiger charge is -2.13. The summed E-state index contributed by atoms with van der Waals surface area (Å²) in [6, 6.07) is 49.9. The van der Waals surface area contributed by atoms with E-state index < -0.39 is 0 Å². The highest BCUT2D eigenvalue weighted by Gasteiger charge is 2.15. The molecular formula is C39H28N4. The molecule has 204 valence electrons. The van der Waals surface area contributed by atoms with Gasteiger partial charge >= 0.3 is 0 Å². The van der Waals surface area contributed by atoms with Crippen LogP contribution in [0.2, 0.25) is 0 Å². The predicted molar refractivity (Wildman–Crippen MR) is 175 cm³/mol. The van der Waals surface area contributed by atoms with Crippen LogP contribution in [0.5, 0.6) is 0 Å². The molecule has 5 aromatic carbocycles. The Balaban J connectivity index is 1.40. The van der Waals surface area contributed by atoms with Crippen LogP contribution in [-0.4, -0.2) is 19.9 Å². The third kappa shape index (κ3) is 5.72. The second-order valence-corrected chi connectivity index (χ2v) is 10.5. The molecular weight excluding hydrogens is 524 g/mol. The van der Waals surface area contributed by atoms with E-state index in [2.05, 4.69) is 78.6 Å². The zero-order valence-electron chi connectivity index (χ0n) is 23.7. The number of benzene rings is 5. The monoisotopic (exact) mass is 552 g/mol. The zero-order chi connectivity index (χ0) is 29.0. The lowest BCUT2D eigenvalue weighted by atomic mass is 9.94. The van der Waals surface area contributed by atoms with Gasteiger partial charge in [-0.2, -0.15) is 0 Å². The maximum Gasteiger partial charge on any atom is 0.164 e. The van der Waals surface area contributed by atoms with Crippen LogP contribution in [0, 0.1) is 6.92 Å². The van der Waals surface area contributed by atoms with Crippen molar-refractivity contribution in [2.75, 3.05) is 0 Å². The van der Waals surface area contributed by atoms with E-state index in [1.807, 2.05) is 85.1 Å². The molecule has 0 N–H and O–H groups in total. The first kappa shape index (κ1) is 26.2. The molecule has 2 aromatic heterocycles. The normalized spacial score (nSPS) is 10.9. The summed E-state index contributed by atoms with van der Waals surface area (Å²) in [5, 5.41) is 0. The van der Waals surface area contributed by atoms with Crippen molar-refractivity contribution in [2.24, 2.45) is 0 Å². The highest BCUT2D eigenvalue weighted by atomic mass is 15.0. The van der Waals surface area contributed by atoms with Crippen LogP contribution >= 0.6 is 0 Å². The molecule has 0 unspecified atom stereocenters. The first-order chi connectivity index (χ1) is 21.2. The predicted octanol–water partition coefficient (Wildman–Crippen LogP) is 9.58. The van der Waals surface area contributed by atoms with Gasteiger partial charge in [-0.15, -0.1) is 0 Å². The molecule has 0 atom stereocenters. The average Bonchev–Trinajstić information content (AvgIpc) is 3.09. The lowest BCUT2D eigenvalue weighted by Crippen LogP contribution is -2.00. The summed E-state index contributed by atoms with van der Waals surface area (Å²) in [4.78, 5) is 19.4. The van der Waals surface area contributed by atoms with Crippen molar-refractivity contribution < 1.29 is 0 Å². The fourth-order valence-corrected chi connectivity index (χ4v) is 5.14. The van der Waals surface area contributed by atoms with Crippen molar-refractivity contribution in [3.63, 3.8) is 0 Å². The molecule has 0 spiro atoms. The number of pyridine rings is 1. The summed E-state index contributed by atoms with van der Waals surface area (Å²) in [5.74, 6) is 1.92. The van der Waals surface area contributed by atoms with Crippen molar-refractivity contribution in [1.82, 2.24) is 19.9 Å². The average molecular weight is 553 g/mol. The highest BCUT2D eigenvalue weighted by Crippen LogP contribution is 2.34. The number of aromatic nitrogens is 4. The van der Waals surface area contributed by atoms with Gasteiger partial charge in [0.15, 0.2) is 17.5 Å². The number of rotatable bonds is 6. The standard InChI is InChI=1S/C39H28N4/c1-27-15-17-28(18-16-27)33-24-34(29-19-21-30(22-20-29)36-14-8-9-23-40-36)26-35(25-33)39-42-37(31-10-4-2-5-11-31)41-38(43-39)32-12-6-3-7-13-32/h2-26H,1H3. The van der Waals surface area contributed by atoms with Gasteiger partial charge in [0.1, 0.15) is 0 Å². The summed E-state index contributed by atoms with van der Waals surface area (Å²) in [6.45, 7) is 2.11. The third-order valence-corrected chi connectivity index (χ3v) is 7.45. The summed E-state index contributed by atoms with van der Waals surface area (Å²) < 4.78 is 0. The van der Waals surface area contributed by atoms with Crippen molar-refractivity contribution in [2.45, 2.75) is 6.92 Å². The molecule has 0 amide bonds. The van der Waals surface area contributed by atoms with E-state index in [-0.39, 0.29) is 0 Å². The molecule has 43 heavy (non-hydrogen) atoms. The zero-order valence-corrected chi connectivity index (χ0v) is 23.7. The Morgan fingerprint density at radius 1 is 0.349 bits per heavy atom. The van der Waals surface area contributed by atoms with Crippen LogP contribution in [-0.2, 0) is 0 Å². The molecule has 0 aliphatic rings. The quantitative estimate of drug-likeness (QED) is 0.206. The Kier molecular flexibility index (Phi) is 7.08. The maximum atomic E-state index is 5.01. The SMILES string of the molecule is Cc1ccc(-c2cc(-c3ccc(-c4ccccn4)cc3)cc(-c3nc(-c4ccccc4)nc(-c4ccccc4)n3)c2)cc1. The summed E-state index contributed by atoms with van der Waals surface area (Å²) >= 11 is 0. The minimum Gasteiger partial charge on any atom is -0.256 e. The first-order valence-corrected chi connectivity index (χ1v) is 14.3. The molecule has 0 saturated heterocycles. The Morgan fingerprint density at radius 3 is 1.30 bits per heavy atom. The minimum absolute atomic E-state index is 0.632. The van der Waals surface area contributed by atoms with E-state index >= 15 is 0 Å². The molecule has 0 fully saturated rings. The number of hydrogen-bond donors (Lipinski definition) is 0. The summed E-state index contributed by atoms with van der Waals surface area (Å²) in [6.07, 6.45) is 1.82. The van der Waals surface area contributed by atoms with E-state index in [1.165, 1.54) is 5.56 Å². The maximum absolute atomic E-state index is 5.01. The van der Waals surface area contributed by atoms with Crippen molar-refractivity contribution in [3.05, 3.63) is 157 Å². The summed E-state index contributed by atoms with van der Waals surface area (Å²) in [7, 11) is 0. The molecule has 2 heterocycles. The van der Waals surface area contributed by atoms with Gasteiger partial charge in [-0.05, 0) is 59.5 Å². The fourth-order valence-electron chi connectivity index (χ4n) is 5.14. The second kappa shape index (κ2) is 11.6. The molecule has 4 nitrogen and oxygen atoms in total. The van der Waals surface area contributed by atoms with Gasteiger partial charge in [-0.3, -0.25) is 4.98 Å². The van der Waals surface area contributed by atoms with Gasteiger partial charge in [0.2, 0.25) is 0 Å². The van der Waals surface area contributed by atoms with Crippen LogP contribution in [0.25, 0.3) is 67.7 Å². The third-order valence-electron chi connectivity index (χ3n) is 7.45. The van der Waals surface area contributed by atoms with Crippen LogP contribution in [0.15, 0.2) is 152 Å². The summed E-state index contributed by atoms with van der Waals surface area (Å²) in [5.41, 5.74) is 10.5. The lowest BCUT2D eigenvalue weighted by molar-refractivity contribution is 1.07. The number of aryl methyl sites for hydroxylation is 1. The Morgan fingerprint density at radius 2 is 0.791 bits per heavy atom. The second-order valence-electron chi connectivity index (χ2n) is 10.5. The number of hydrogen-bond acceptors (Lipinski definition) is 4. The van der Waals surface area contributed by atoms with Crippen molar-refractivity contribution >= 4 is 0 Å². The Bertz CT molecular complexity index is 1930. The molecule has 0 aliphatic carbocycles. The molecule has 4 heteroatoms. The van der Waals surface area contributed by atoms with Crippen LogP contribution in [0.1, 0.15) is 5.56 Å². The molecule has 0 radical (unpaired) electrons. The van der Waals surface area contributed by atoms with Crippen LogP contribution < -0.4 is 0 Å². The van der Waals surface area contributed by atoms with Crippen molar-refractivity contribution in [1.29, 1.82) is 0 Å². The van der Waals surface area contributed by atoms with Gasteiger partial charge in [-0.25, -0.2) is 15.0 Å². The number of nitrogens with zero attached hydrogens (tertiary/aromatic N) is 4. The Labute approximate surface area is 251 Å². The van der Waals surface area contributed by atoms with E-state index in [4.69, 9.17) is 15.0 Å². The van der Waals surface area contributed by atoms with E-state index in [0.29, 0.717) is 17.5 Å². The largest absolute Gasteiger partial charge is 0.256 e. The van der Waals surface area contributed by atoms with Gasteiger partial charge in [0.05, 0.1) is 5.69 Å². The van der Waals surface area contributed by atoms with Gasteiger partial charge in [0, 0.05) is 28.5 Å². The van der Waals surface area contributed by atoms with E-state index in [9.17, 15) is 0 Å². The minimum atomic E-state index is 0.632. The molecule has 0 saturated carbocycles. The highest BCUT2D eigenvalue weighted by molar-refractivity contribution is 5.81.